The summed E-state index contributed by atoms with van der Waals surface area (Å²) in [5.74, 6) is 6.36. The summed E-state index contributed by atoms with van der Waals surface area (Å²) in [5.41, 5.74) is 0. The van der Waals surface area contributed by atoms with Crippen molar-refractivity contribution in [3.05, 3.63) is 6.92 Å². The quantitative estimate of drug-likeness (QED) is 0.336. The summed E-state index contributed by atoms with van der Waals surface area (Å²) in [6.07, 6.45) is 15.6. The van der Waals surface area contributed by atoms with Crippen LogP contribution in [0.4, 0.5) is 0 Å². The summed E-state index contributed by atoms with van der Waals surface area (Å²) >= 11 is 0. The third-order valence-corrected chi connectivity index (χ3v) is 2.83. The first-order valence-corrected chi connectivity index (χ1v) is 7.16. The van der Waals surface area contributed by atoms with Crippen LogP contribution < -0.4 is 0 Å². The lowest BCUT2D eigenvalue weighted by molar-refractivity contribution is 0.567. The Balaban J connectivity index is 2.96. The van der Waals surface area contributed by atoms with Crippen LogP contribution in [0, 0.1) is 18.8 Å². The molecule has 0 aliphatic heterocycles. The lowest BCUT2D eigenvalue weighted by Crippen LogP contribution is -1.80. The zero-order valence-corrected chi connectivity index (χ0v) is 11.2. The van der Waals surface area contributed by atoms with Crippen molar-refractivity contribution in [2.45, 2.75) is 84.0 Å². The van der Waals surface area contributed by atoms with Gasteiger partial charge in [-0.25, -0.2) is 0 Å². The molecule has 93 valence electrons. The van der Waals surface area contributed by atoms with Gasteiger partial charge in [0.05, 0.1) is 0 Å². The Labute approximate surface area is 103 Å². The van der Waals surface area contributed by atoms with E-state index in [1.54, 1.807) is 0 Å². The van der Waals surface area contributed by atoms with Crippen LogP contribution in [0.3, 0.4) is 0 Å². The van der Waals surface area contributed by atoms with E-state index in [0.29, 0.717) is 0 Å². The summed E-state index contributed by atoms with van der Waals surface area (Å²) in [5, 5.41) is 0. The second-order valence-corrected chi connectivity index (χ2v) is 4.54. The Morgan fingerprint density at radius 2 is 1.19 bits per heavy atom. The van der Waals surface area contributed by atoms with Crippen LogP contribution in [0.25, 0.3) is 0 Å². The third kappa shape index (κ3) is 13.6. The van der Waals surface area contributed by atoms with Crippen molar-refractivity contribution in [2.75, 3.05) is 0 Å². The number of hydrogen-bond acceptors (Lipinski definition) is 0. The SMILES string of the molecule is [CH2]CCC#CCCCCCCCCCCC. The molecule has 0 aliphatic carbocycles. The summed E-state index contributed by atoms with van der Waals surface area (Å²) in [6, 6.07) is 0. The van der Waals surface area contributed by atoms with Crippen molar-refractivity contribution >= 4 is 0 Å². The minimum atomic E-state index is 0.949. The predicted octanol–water partition coefficient (Wildman–Crippen LogP) is 5.52. The molecule has 1 radical (unpaired) electrons. The van der Waals surface area contributed by atoms with Crippen LogP contribution in [-0.4, -0.2) is 0 Å². The molecule has 0 aromatic heterocycles. The van der Waals surface area contributed by atoms with E-state index >= 15 is 0 Å². The molecule has 0 nitrogen and oxygen atoms in total. The molecule has 0 saturated heterocycles. The van der Waals surface area contributed by atoms with E-state index in [-0.39, 0.29) is 0 Å². The molecule has 0 unspecified atom stereocenters. The van der Waals surface area contributed by atoms with E-state index in [1.807, 2.05) is 0 Å². The monoisotopic (exact) mass is 221 g/mol. The molecule has 0 atom stereocenters. The average molecular weight is 221 g/mol. The Morgan fingerprint density at radius 3 is 1.75 bits per heavy atom. The minimum absolute atomic E-state index is 0.949. The van der Waals surface area contributed by atoms with Gasteiger partial charge < -0.3 is 0 Å². The molecule has 0 N–H and O–H groups in total. The van der Waals surface area contributed by atoms with Crippen LogP contribution in [0.5, 0.6) is 0 Å². The summed E-state index contributed by atoms with van der Waals surface area (Å²) in [6.45, 7) is 6.05. The maximum atomic E-state index is 3.77. The van der Waals surface area contributed by atoms with Gasteiger partial charge >= 0.3 is 0 Å². The molecule has 0 aromatic rings. The molecule has 0 fully saturated rings. The minimum Gasteiger partial charge on any atom is -0.103 e. The highest BCUT2D eigenvalue weighted by Crippen LogP contribution is 2.10. The topological polar surface area (TPSA) is 0 Å². The molecular formula is C16H29. The second kappa shape index (κ2) is 14.6. The summed E-state index contributed by atoms with van der Waals surface area (Å²) in [4.78, 5) is 0. The maximum Gasteiger partial charge on any atom is 0.00886 e. The Bertz CT molecular complexity index is 170. The van der Waals surface area contributed by atoms with Crippen LogP contribution in [0.2, 0.25) is 0 Å². The average Bonchev–Trinajstić information content (AvgIpc) is 2.31. The predicted molar refractivity (Wildman–Crippen MR) is 74.2 cm³/mol. The van der Waals surface area contributed by atoms with Crippen molar-refractivity contribution in [2.24, 2.45) is 0 Å². The number of rotatable bonds is 10. The molecule has 0 aromatic carbocycles. The Hall–Kier alpha value is -0.440. The molecule has 16 heavy (non-hydrogen) atoms. The maximum absolute atomic E-state index is 3.77. The smallest absolute Gasteiger partial charge is 0.00886 e. The van der Waals surface area contributed by atoms with Crippen LogP contribution in [0.15, 0.2) is 0 Å². The van der Waals surface area contributed by atoms with Crippen LogP contribution in [-0.2, 0) is 0 Å². The second-order valence-electron chi connectivity index (χ2n) is 4.54. The Morgan fingerprint density at radius 1 is 0.688 bits per heavy atom. The van der Waals surface area contributed by atoms with E-state index in [1.165, 1.54) is 57.8 Å². The molecule has 0 bridgehead atoms. The fourth-order valence-electron chi connectivity index (χ4n) is 1.79. The highest BCUT2D eigenvalue weighted by molar-refractivity contribution is 4.98. The lowest BCUT2D eigenvalue weighted by atomic mass is 10.1. The van der Waals surface area contributed by atoms with Crippen LogP contribution in [0.1, 0.15) is 84.0 Å². The van der Waals surface area contributed by atoms with Gasteiger partial charge in [0.2, 0.25) is 0 Å². The molecule has 0 rings (SSSR count). The third-order valence-electron chi connectivity index (χ3n) is 2.83. The highest BCUT2D eigenvalue weighted by atomic mass is 14.0. The lowest BCUT2D eigenvalue weighted by Gasteiger charge is -2.00. The van der Waals surface area contributed by atoms with Crippen molar-refractivity contribution in [3.8, 4) is 11.8 Å². The van der Waals surface area contributed by atoms with Crippen molar-refractivity contribution in [1.29, 1.82) is 0 Å². The van der Waals surface area contributed by atoms with Gasteiger partial charge in [-0.3, -0.25) is 0 Å². The molecular weight excluding hydrogens is 192 g/mol. The van der Waals surface area contributed by atoms with Gasteiger partial charge in [0.25, 0.3) is 0 Å². The number of unbranched alkanes of at least 4 members (excludes halogenated alkanes) is 10. The molecule has 0 spiro atoms. The van der Waals surface area contributed by atoms with E-state index < -0.39 is 0 Å². The zero-order chi connectivity index (χ0) is 11.9. The van der Waals surface area contributed by atoms with Gasteiger partial charge in [0.15, 0.2) is 0 Å². The first-order chi connectivity index (χ1) is 7.91. The van der Waals surface area contributed by atoms with Crippen molar-refractivity contribution < 1.29 is 0 Å². The molecule has 0 heterocycles. The first-order valence-electron chi connectivity index (χ1n) is 7.16. The molecule has 0 saturated carbocycles. The van der Waals surface area contributed by atoms with E-state index in [2.05, 4.69) is 25.7 Å². The van der Waals surface area contributed by atoms with Crippen molar-refractivity contribution in [3.63, 3.8) is 0 Å². The fourth-order valence-corrected chi connectivity index (χ4v) is 1.79. The zero-order valence-electron chi connectivity index (χ0n) is 11.2. The van der Waals surface area contributed by atoms with Gasteiger partial charge in [0, 0.05) is 12.8 Å². The Kier molecular flexibility index (Phi) is 14.2. The van der Waals surface area contributed by atoms with E-state index in [9.17, 15) is 0 Å². The van der Waals surface area contributed by atoms with Gasteiger partial charge in [-0.05, 0) is 12.8 Å². The van der Waals surface area contributed by atoms with Gasteiger partial charge in [-0.2, -0.15) is 0 Å². The van der Waals surface area contributed by atoms with Gasteiger partial charge in [0.1, 0.15) is 0 Å². The van der Waals surface area contributed by atoms with Crippen LogP contribution >= 0.6 is 0 Å². The van der Waals surface area contributed by atoms with E-state index in [4.69, 9.17) is 0 Å². The molecule has 0 aliphatic rings. The van der Waals surface area contributed by atoms with Gasteiger partial charge in [-0.1, -0.05) is 65.2 Å². The van der Waals surface area contributed by atoms with Gasteiger partial charge in [-0.15, -0.1) is 11.8 Å². The summed E-state index contributed by atoms with van der Waals surface area (Å²) in [7, 11) is 0. The first kappa shape index (κ1) is 15.6. The van der Waals surface area contributed by atoms with E-state index in [0.717, 1.165) is 19.3 Å². The molecule has 0 amide bonds. The molecule has 0 heteroatoms. The fraction of sp³-hybridized carbons (Fsp3) is 0.812. The number of hydrogen-bond donors (Lipinski definition) is 0. The van der Waals surface area contributed by atoms with Crippen molar-refractivity contribution in [1.82, 2.24) is 0 Å². The standard InChI is InChI=1S/C16H29/c1-3-5-7-9-11-13-15-16-14-12-10-8-6-4-2/h1,3-6,8,10-16H2,2H3. The normalized spacial score (nSPS) is 9.88. The highest BCUT2D eigenvalue weighted by Gasteiger charge is 1.90. The summed E-state index contributed by atoms with van der Waals surface area (Å²) < 4.78 is 0. The largest absolute Gasteiger partial charge is 0.103 e.